The van der Waals surface area contributed by atoms with Crippen molar-refractivity contribution in [3.05, 3.63) is 63.6 Å². The minimum absolute atomic E-state index is 0.278. The van der Waals surface area contributed by atoms with Crippen LogP contribution in [0.2, 0.25) is 10.0 Å². The monoisotopic (exact) mass is 671 g/mol. The molecule has 0 bridgehead atoms. The predicted molar refractivity (Wildman–Crippen MR) is 190 cm³/mol. The third-order valence-corrected chi connectivity index (χ3v) is 9.39. The summed E-state index contributed by atoms with van der Waals surface area (Å²) in [6, 6.07) is 12.9. The van der Waals surface area contributed by atoms with E-state index < -0.39 is 5.97 Å². The molecule has 0 radical (unpaired) electrons. The van der Waals surface area contributed by atoms with Crippen LogP contribution in [0.1, 0.15) is 95.0 Å². The molecule has 2 atom stereocenters. The van der Waals surface area contributed by atoms with E-state index in [4.69, 9.17) is 27.9 Å². The number of thiophene rings is 1. The minimum Gasteiger partial charge on any atom is -0.465 e. The molecule has 3 rings (SSSR count). The van der Waals surface area contributed by atoms with Crippen LogP contribution >= 0.6 is 34.5 Å². The molecule has 2 unspecified atom stereocenters. The van der Waals surface area contributed by atoms with Crippen molar-refractivity contribution in [2.75, 3.05) is 25.1 Å². The normalized spacial score (nSPS) is 13.1. The van der Waals surface area contributed by atoms with E-state index in [0.29, 0.717) is 37.6 Å². The number of nitrogens with zero attached hydrogens (tertiary/aromatic N) is 5. The Hall–Kier alpha value is -2.81. The molecule has 0 N–H and O–H groups in total. The van der Waals surface area contributed by atoms with Gasteiger partial charge >= 0.3 is 5.97 Å². The molecule has 1 heterocycles. The zero-order valence-corrected chi connectivity index (χ0v) is 29.8. The molecule has 0 aliphatic carbocycles. The first-order chi connectivity index (χ1) is 21.7. The molecular weight excluding hydrogens is 625 g/mol. The summed E-state index contributed by atoms with van der Waals surface area (Å²) < 4.78 is 4.99. The minimum atomic E-state index is -0.516. The number of rotatable bonds is 18. The summed E-state index contributed by atoms with van der Waals surface area (Å²) in [5, 5.41) is 19.3. The van der Waals surface area contributed by atoms with Crippen LogP contribution in [0.3, 0.4) is 0 Å². The van der Waals surface area contributed by atoms with E-state index in [1.807, 2.05) is 6.07 Å². The molecular formula is C35H47Cl2N5O2S. The zero-order valence-electron chi connectivity index (χ0n) is 27.5. The molecule has 10 heteroatoms. The average Bonchev–Trinajstić information content (AvgIpc) is 3.44. The fourth-order valence-corrected chi connectivity index (χ4v) is 6.55. The number of unbranched alkanes of at least 4 members (excludes halogenated alkanes) is 2. The van der Waals surface area contributed by atoms with Crippen molar-refractivity contribution < 1.29 is 9.53 Å². The lowest BCUT2D eigenvalue weighted by atomic mass is 9.95. The van der Waals surface area contributed by atoms with Crippen LogP contribution in [0.5, 0.6) is 0 Å². The Morgan fingerprint density at radius 3 is 2.00 bits per heavy atom. The van der Waals surface area contributed by atoms with Crippen molar-refractivity contribution in [2.45, 2.75) is 86.0 Å². The fourth-order valence-electron chi connectivity index (χ4n) is 5.24. The summed E-state index contributed by atoms with van der Waals surface area (Å²) in [4.78, 5) is 15.1. The first kappa shape index (κ1) is 36.7. The number of benzene rings is 2. The van der Waals surface area contributed by atoms with Crippen molar-refractivity contribution in [3.63, 3.8) is 0 Å². The number of esters is 1. The lowest BCUT2D eigenvalue weighted by Crippen LogP contribution is -2.34. The van der Waals surface area contributed by atoms with E-state index in [1.54, 1.807) is 24.3 Å². The van der Waals surface area contributed by atoms with Gasteiger partial charge in [0.05, 0.1) is 18.5 Å². The van der Waals surface area contributed by atoms with Crippen molar-refractivity contribution in [3.8, 4) is 0 Å². The van der Waals surface area contributed by atoms with Crippen LogP contribution < -0.4 is 4.90 Å². The van der Waals surface area contributed by atoms with Crippen LogP contribution in [-0.2, 0) is 4.74 Å². The highest BCUT2D eigenvalue weighted by Crippen LogP contribution is 2.39. The molecule has 0 aliphatic heterocycles. The van der Waals surface area contributed by atoms with Crippen LogP contribution in [0.4, 0.5) is 27.1 Å². The van der Waals surface area contributed by atoms with Gasteiger partial charge in [0.15, 0.2) is 5.00 Å². The molecule has 0 saturated heterocycles. The molecule has 0 aliphatic rings. The third-order valence-electron chi connectivity index (χ3n) is 8.05. The number of azo groups is 2. The summed E-state index contributed by atoms with van der Waals surface area (Å²) in [5.41, 5.74) is 3.78. The number of carbonyl (C=O) groups excluding carboxylic acids is 1. The molecule has 7 nitrogen and oxygen atoms in total. The highest BCUT2D eigenvalue weighted by atomic mass is 35.5. The van der Waals surface area contributed by atoms with Crippen LogP contribution in [0, 0.1) is 18.8 Å². The highest BCUT2D eigenvalue weighted by Gasteiger charge is 2.19. The van der Waals surface area contributed by atoms with E-state index in [1.165, 1.54) is 75.5 Å². The van der Waals surface area contributed by atoms with Crippen LogP contribution in [-0.4, -0.2) is 26.2 Å². The van der Waals surface area contributed by atoms with E-state index in [9.17, 15) is 4.79 Å². The number of methoxy groups -OCH3 is 1. The lowest BCUT2D eigenvalue weighted by Gasteiger charge is -2.33. The molecule has 0 spiro atoms. The Morgan fingerprint density at radius 1 is 0.844 bits per heavy atom. The van der Waals surface area contributed by atoms with Gasteiger partial charge in [0.25, 0.3) is 0 Å². The van der Waals surface area contributed by atoms with Crippen LogP contribution in [0.15, 0.2) is 62.9 Å². The number of hydrogen-bond donors (Lipinski definition) is 0. The summed E-state index contributed by atoms with van der Waals surface area (Å²) in [7, 11) is 1.33. The number of halogens is 2. The smallest absolute Gasteiger partial charge is 0.341 e. The Balaban J connectivity index is 1.87. The predicted octanol–water partition coefficient (Wildman–Crippen LogP) is 13.2. The molecule has 45 heavy (non-hydrogen) atoms. The van der Waals surface area contributed by atoms with Gasteiger partial charge in [-0.25, -0.2) is 4.79 Å². The number of hydrogen-bond acceptors (Lipinski definition) is 8. The molecule has 0 saturated carbocycles. The molecule has 244 valence electrons. The maximum Gasteiger partial charge on any atom is 0.341 e. The maximum absolute atomic E-state index is 12.5. The van der Waals surface area contributed by atoms with Crippen molar-refractivity contribution in [1.29, 1.82) is 0 Å². The highest BCUT2D eigenvalue weighted by molar-refractivity contribution is 7.19. The summed E-state index contributed by atoms with van der Waals surface area (Å²) in [6.07, 6.45) is 9.89. The molecule has 0 amide bonds. The van der Waals surface area contributed by atoms with Crippen molar-refractivity contribution >= 4 is 67.6 Å². The lowest BCUT2D eigenvalue weighted by molar-refractivity contribution is 0.0602. The Bertz CT molecular complexity index is 1400. The first-order valence-electron chi connectivity index (χ1n) is 16.1. The quantitative estimate of drug-likeness (QED) is 0.0996. The maximum atomic E-state index is 12.5. The Morgan fingerprint density at radius 2 is 1.47 bits per heavy atom. The number of carbonyl (C=O) groups is 1. The van der Waals surface area contributed by atoms with Gasteiger partial charge in [0.1, 0.15) is 10.6 Å². The van der Waals surface area contributed by atoms with Crippen LogP contribution in [0.25, 0.3) is 0 Å². The van der Waals surface area contributed by atoms with E-state index in [-0.39, 0.29) is 5.56 Å². The number of anilines is 1. The second-order valence-electron chi connectivity index (χ2n) is 11.5. The fraction of sp³-hybridized carbons (Fsp3) is 0.514. The summed E-state index contributed by atoms with van der Waals surface area (Å²) >= 11 is 13.4. The van der Waals surface area contributed by atoms with Gasteiger partial charge in [-0.3, -0.25) is 0 Å². The van der Waals surface area contributed by atoms with Gasteiger partial charge in [-0.1, -0.05) is 101 Å². The standard InChI is InChI=1S/C35H47Cl2N5O2S/c1-7-11-13-25(9-3)22-42(23-26(10-4)14-12-8-2)30-15-16-32(24(5)17-30)39-41-34-31(35(43)44-6)21-33(45-34)40-38-29-19-27(36)18-28(37)20-29/h15-21,25-26H,7-14,22-23H2,1-6H3/b40-38?,41-39+. The van der Waals surface area contributed by atoms with E-state index >= 15 is 0 Å². The van der Waals surface area contributed by atoms with Gasteiger partial charge in [0, 0.05) is 28.8 Å². The molecule has 3 aromatic rings. The topological polar surface area (TPSA) is 79.0 Å². The van der Waals surface area contributed by atoms with Gasteiger partial charge in [-0.2, -0.15) is 0 Å². The summed E-state index contributed by atoms with van der Waals surface area (Å²) in [6.45, 7) is 13.4. The largest absolute Gasteiger partial charge is 0.465 e. The number of aryl methyl sites for hydroxylation is 1. The molecule has 1 aromatic heterocycles. The second kappa shape index (κ2) is 19.0. The number of ether oxygens (including phenoxy) is 1. The van der Waals surface area contributed by atoms with Gasteiger partial charge in [0.2, 0.25) is 0 Å². The summed E-state index contributed by atoms with van der Waals surface area (Å²) in [5.74, 6) is 0.828. The van der Waals surface area contributed by atoms with Crippen molar-refractivity contribution in [2.24, 2.45) is 32.3 Å². The second-order valence-corrected chi connectivity index (χ2v) is 13.4. The Kier molecular flexibility index (Phi) is 15.5. The van der Waals surface area contributed by atoms with E-state index in [0.717, 1.165) is 24.3 Å². The van der Waals surface area contributed by atoms with Gasteiger partial charge in [-0.15, -0.1) is 20.5 Å². The first-order valence-corrected chi connectivity index (χ1v) is 17.7. The van der Waals surface area contributed by atoms with E-state index in [2.05, 4.69) is 72.1 Å². The Labute approximate surface area is 283 Å². The van der Waals surface area contributed by atoms with Crippen molar-refractivity contribution in [1.82, 2.24) is 0 Å². The van der Waals surface area contributed by atoms with Gasteiger partial charge < -0.3 is 9.64 Å². The zero-order chi connectivity index (χ0) is 32.8. The third kappa shape index (κ3) is 11.5. The van der Waals surface area contributed by atoms with Gasteiger partial charge in [-0.05, 0) is 79.6 Å². The SMILES string of the molecule is CCCCC(CC)CN(CC(CC)CCCC)c1ccc(/N=N/c2sc(N=Nc3cc(Cl)cc(Cl)c3)cc2C(=O)OC)c(C)c1. The molecule has 2 aromatic carbocycles. The molecule has 0 fully saturated rings. The average molecular weight is 673 g/mol.